The van der Waals surface area contributed by atoms with Crippen molar-refractivity contribution in [1.82, 2.24) is 19.8 Å². The van der Waals surface area contributed by atoms with Crippen LogP contribution in [0.15, 0.2) is 60.7 Å². The predicted molar refractivity (Wildman–Crippen MR) is 122 cm³/mol. The summed E-state index contributed by atoms with van der Waals surface area (Å²) >= 11 is 1.79. The van der Waals surface area contributed by atoms with Crippen LogP contribution >= 0.6 is 11.3 Å². The summed E-state index contributed by atoms with van der Waals surface area (Å²) < 4.78 is 2.06. The fourth-order valence-electron chi connectivity index (χ4n) is 7.18. The van der Waals surface area contributed by atoms with Crippen LogP contribution in [-0.2, 0) is 5.41 Å². The molecule has 0 unspecified atom stereocenters. The first-order valence-corrected chi connectivity index (χ1v) is 12.4. The molecule has 2 heterocycles. The molecule has 2 aromatic carbocycles. The summed E-state index contributed by atoms with van der Waals surface area (Å²) in [5.41, 5.74) is 2.76. The van der Waals surface area contributed by atoms with Crippen molar-refractivity contribution in [2.45, 2.75) is 49.9 Å². The molecule has 4 nitrogen and oxygen atoms in total. The molecule has 0 saturated heterocycles. The summed E-state index contributed by atoms with van der Waals surface area (Å²) in [4.78, 5) is 0.942. The first kappa shape index (κ1) is 18.1. The van der Waals surface area contributed by atoms with Crippen molar-refractivity contribution in [3.8, 4) is 0 Å². The van der Waals surface area contributed by atoms with E-state index >= 15 is 0 Å². The van der Waals surface area contributed by atoms with Crippen LogP contribution in [-0.4, -0.2) is 19.8 Å². The summed E-state index contributed by atoms with van der Waals surface area (Å²) in [6, 6.07) is 21.3. The first-order chi connectivity index (χ1) is 15.3. The zero-order chi connectivity index (χ0) is 20.4. The van der Waals surface area contributed by atoms with Gasteiger partial charge in [0.05, 0.1) is 5.92 Å². The molecule has 4 bridgehead atoms. The third kappa shape index (κ3) is 2.82. The Bertz CT molecular complexity index is 1150. The number of nitrogens with zero attached hydrogens (tertiary/aromatic N) is 4. The molecule has 0 aliphatic heterocycles. The molecule has 4 fully saturated rings. The molecule has 5 heteroatoms. The Morgan fingerprint density at radius 1 is 0.774 bits per heavy atom. The van der Waals surface area contributed by atoms with Crippen molar-refractivity contribution in [2.24, 2.45) is 17.8 Å². The van der Waals surface area contributed by atoms with Crippen LogP contribution in [0.3, 0.4) is 0 Å². The van der Waals surface area contributed by atoms with Gasteiger partial charge in [-0.2, -0.15) is 9.61 Å². The lowest BCUT2D eigenvalue weighted by atomic mass is 9.50. The van der Waals surface area contributed by atoms with Crippen molar-refractivity contribution in [2.75, 3.05) is 0 Å². The molecule has 8 rings (SSSR count). The molecule has 0 atom stereocenters. The lowest BCUT2D eigenvalue weighted by Gasteiger charge is -2.55. The third-order valence-electron chi connectivity index (χ3n) is 8.03. The van der Waals surface area contributed by atoms with Crippen LogP contribution < -0.4 is 0 Å². The minimum atomic E-state index is 0.0312. The van der Waals surface area contributed by atoms with Gasteiger partial charge in [0.1, 0.15) is 5.01 Å². The molecular weight excluding hydrogens is 400 g/mol. The highest BCUT2D eigenvalue weighted by molar-refractivity contribution is 7.16. The van der Waals surface area contributed by atoms with E-state index in [4.69, 9.17) is 5.10 Å². The van der Waals surface area contributed by atoms with E-state index in [2.05, 4.69) is 75.4 Å². The quantitative estimate of drug-likeness (QED) is 0.412. The zero-order valence-electron chi connectivity index (χ0n) is 17.5. The summed E-state index contributed by atoms with van der Waals surface area (Å²) in [6.45, 7) is 0. The lowest BCUT2D eigenvalue weighted by molar-refractivity contribution is -0.00567. The maximum atomic E-state index is 5.24. The van der Waals surface area contributed by atoms with E-state index < -0.39 is 0 Å². The number of benzene rings is 2. The highest BCUT2D eigenvalue weighted by Crippen LogP contribution is 2.61. The van der Waals surface area contributed by atoms with Gasteiger partial charge in [-0.1, -0.05) is 72.0 Å². The van der Waals surface area contributed by atoms with Crippen LogP contribution in [0.4, 0.5) is 0 Å². The Hall–Kier alpha value is -2.53. The minimum Gasteiger partial charge on any atom is -0.186 e. The Kier molecular flexibility index (Phi) is 3.93. The lowest BCUT2D eigenvalue weighted by Crippen LogP contribution is -2.48. The fraction of sp³-hybridized carbons (Fsp3) is 0.423. The van der Waals surface area contributed by atoms with Gasteiger partial charge in [-0.05, 0) is 67.4 Å². The fourth-order valence-corrected chi connectivity index (χ4v) is 8.24. The van der Waals surface area contributed by atoms with Crippen molar-refractivity contribution in [3.63, 3.8) is 0 Å². The van der Waals surface area contributed by atoms with Gasteiger partial charge in [0.25, 0.3) is 0 Å². The van der Waals surface area contributed by atoms with Gasteiger partial charge in [0, 0.05) is 5.41 Å². The normalized spacial score (nSPS) is 29.3. The molecule has 0 spiro atoms. The maximum absolute atomic E-state index is 5.24. The van der Waals surface area contributed by atoms with Crippen LogP contribution in [0.25, 0.3) is 4.96 Å². The molecule has 156 valence electrons. The Morgan fingerprint density at radius 3 is 1.87 bits per heavy atom. The van der Waals surface area contributed by atoms with Crippen molar-refractivity contribution < 1.29 is 0 Å². The Labute approximate surface area is 186 Å². The van der Waals surface area contributed by atoms with Gasteiger partial charge in [-0.15, -0.1) is 10.2 Å². The van der Waals surface area contributed by atoms with Gasteiger partial charge in [-0.3, -0.25) is 0 Å². The van der Waals surface area contributed by atoms with E-state index in [9.17, 15) is 0 Å². The molecule has 4 aromatic rings. The number of hydrogen-bond acceptors (Lipinski definition) is 4. The SMILES string of the molecule is c1ccc(C(c2ccccc2)c2nnc3sc(C45CC6CC(CC(C6)C4)C5)nn23)cc1. The average molecular weight is 427 g/mol. The van der Waals surface area contributed by atoms with Crippen molar-refractivity contribution >= 4 is 16.3 Å². The smallest absolute Gasteiger partial charge is 0.186 e. The average Bonchev–Trinajstić information content (AvgIpc) is 3.37. The highest BCUT2D eigenvalue weighted by atomic mass is 32.1. The van der Waals surface area contributed by atoms with Gasteiger partial charge < -0.3 is 0 Å². The third-order valence-corrected chi connectivity index (χ3v) is 9.18. The second-order valence-corrected chi connectivity index (χ2v) is 11.1. The summed E-state index contributed by atoms with van der Waals surface area (Å²) in [5, 5.41) is 15.8. The topological polar surface area (TPSA) is 43.1 Å². The molecule has 31 heavy (non-hydrogen) atoms. The second-order valence-electron chi connectivity index (χ2n) is 10.1. The predicted octanol–water partition coefficient (Wildman–Crippen LogP) is 5.83. The van der Waals surface area contributed by atoms with E-state index in [1.165, 1.54) is 54.7 Å². The molecule has 0 radical (unpaired) electrons. The second kappa shape index (κ2) is 6.73. The molecule has 4 saturated carbocycles. The maximum Gasteiger partial charge on any atom is 0.234 e. The molecular formula is C26H26N4S. The van der Waals surface area contributed by atoms with Crippen LogP contribution in [0.5, 0.6) is 0 Å². The number of fused-ring (bicyclic) bond motifs is 1. The first-order valence-electron chi connectivity index (χ1n) is 11.6. The Morgan fingerprint density at radius 2 is 1.32 bits per heavy atom. The summed E-state index contributed by atoms with van der Waals surface area (Å²) in [5.74, 6) is 3.72. The molecule has 4 aliphatic carbocycles. The monoisotopic (exact) mass is 426 g/mol. The minimum absolute atomic E-state index is 0.0312. The summed E-state index contributed by atoms with van der Waals surface area (Å²) in [7, 11) is 0. The molecule has 2 aromatic heterocycles. The summed E-state index contributed by atoms with van der Waals surface area (Å²) in [6.07, 6.45) is 8.37. The number of rotatable bonds is 4. The van der Waals surface area contributed by atoms with E-state index in [-0.39, 0.29) is 5.92 Å². The van der Waals surface area contributed by atoms with E-state index in [1.807, 2.05) is 0 Å². The van der Waals surface area contributed by atoms with Gasteiger partial charge in [0.2, 0.25) is 4.96 Å². The van der Waals surface area contributed by atoms with Gasteiger partial charge >= 0.3 is 0 Å². The van der Waals surface area contributed by atoms with Crippen molar-refractivity contribution in [3.05, 3.63) is 82.6 Å². The van der Waals surface area contributed by atoms with Crippen LogP contribution in [0.1, 0.15) is 66.4 Å². The van der Waals surface area contributed by atoms with Gasteiger partial charge in [0.15, 0.2) is 5.82 Å². The Balaban J connectivity index is 1.35. The van der Waals surface area contributed by atoms with E-state index in [0.717, 1.165) is 28.5 Å². The van der Waals surface area contributed by atoms with E-state index in [0.29, 0.717) is 5.41 Å². The number of aromatic nitrogens is 4. The van der Waals surface area contributed by atoms with Crippen LogP contribution in [0, 0.1) is 17.8 Å². The van der Waals surface area contributed by atoms with Crippen molar-refractivity contribution in [1.29, 1.82) is 0 Å². The van der Waals surface area contributed by atoms with Crippen LogP contribution in [0.2, 0.25) is 0 Å². The highest BCUT2D eigenvalue weighted by Gasteiger charge is 2.53. The van der Waals surface area contributed by atoms with E-state index in [1.54, 1.807) is 11.3 Å². The standard InChI is InChI=1S/C26H26N4S/c1-3-7-20(8-4-1)22(21-9-5-2-6-10-21)23-27-28-25-30(23)29-24(31-25)26-14-17-11-18(15-26)13-19(12-17)16-26/h1-10,17-19,22H,11-16H2. The van der Waals surface area contributed by atoms with Gasteiger partial charge in [-0.25, -0.2) is 0 Å². The largest absolute Gasteiger partial charge is 0.234 e. The molecule has 0 N–H and O–H groups in total. The molecule has 0 amide bonds. The molecule has 4 aliphatic rings. The number of hydrogen-bond donors (Lipinski definition) is 0. The zero-order valence-corrected chi connectivity index (χ0v) is 18.3.